The van der Waals surface area contributed by atoms with Gasteiger partial charge in [0.05, 0.1) is 11.3 Å². The van der Waals surface area contributed by atoms with Gasteiger partial charge in [0, 0.05) is 12.3 Å². The molecule has 0 amide bonds. The summed E-state index contributed by atoms with van der Waals surface area (Å²) in [5.41, 5.74) is -0.807. The molecule has 0 saturated heterocycles. The summed E-state index contributed by atoms with van der Waals surface area (Å²) in [5, 5.41) is 0. The third-order valence-corrected chi connectivity index (χ3v) is 3.51. The Kier molecular flexibility index (Phi) is 4.48. The zero-order valence-corrected chi connectivity index (χ0v) is 12.7. The zero-order valence-electron chi connectivity index (χ0n) is 12.7. The highest BCUT2D eigenvalue weighted by Crippen LogP contribution is 2.32. The molecule has 0 aromatic heterocycles. The SMILES string of the molecule is Fc1ccc(N2C=CC=CC2Oc2cccc(C(F)(F)F)c2)c(F)c1. The van der Waals surface area contributed by atoms with Gasteiger partial charge in [0.1, 0.15) is 17.4 Å². The maximum absolute atomic E-state index is 14.0. The number of hydrogen-bond donors (Lipinski definition) is 0. The Morgan fingerprint density at radius 2 is 1.76 bits per heavy atom. The lowest BCUT2D eigenvalue weighted by molar-refractivity contribution is -0.137. The molecule has 1 atom stereocenters. The molecule has 3 rings (SSSR count). The van der Waals surface area contributed by atoms with E-state index in [1.54, 1.807) is 18.2 Å². The van der Waals surface area contributed by atoms with Gasteiger partial charge in [-0.1, -0.05) is 12.1 Å². The molecule has 2 aromatic carbocycles. The van der Waals surface area contributed by atoms with Crippen LogP contribution in [0.4, 0.5) is 27.6 Å². The fraction of sp³-hybridized carbons (Fsp3) is 0.111. The third kappa shape index (κ3) is 3.81. The van der Waals surface area contributed by atoms with E-state index in [2.05, 4.69) is 0 Å². The first-order valence-electron chi connectivity index (χ1n) is 7.27. The molecule has 2 nitrogen and oxygen atoms in total. The summed E-state index contributed by atoms with van der Waals surface area (Å²) in [6.45, 7) is 0. The van der Waals surface area contributed by atoms with Crippen molar-refractivity contribution in [2.24, 2.45) is 0 Å². The van der Waals surface area contributed by atoms with Crippen LogP contribution in [0.3, 0.4) is 0 Å². The molecule has 2 aromatic rings. The Labute approximate surface area is 140 Å². The summed E-state index contributed by atoms with van der Waals surface area (Å²) in [7, 11) is 0. The van der Waals surface area contributed by atoms with Gasteiger partial charge in [0.2, 0.25) is 0 Å². The second-order valence-corrected chi connectivity index (χ2v) is 5.26. The van der Waals surface area contributed by atoms with Gasteiger partial charge in [-0.3, -0.25) is 0 Å². The summed E-state index contributed by atoms with van der Waals surface area (Å²) in [4.78, 5) is 1.36. The topological polar surface area (TPSA) is 12.5 Å². The summed E-state index contributed by atoms with van der Waals surface area (Å²) < 4.78 is 71.1. The minimum Gasteiger partial charge on any atom is -0.467 e. The molecule has 1 heterocycles. The first kappa shape index (κ1) is 17.0. The first-order chi connectivity index (χ1) is 11.8. The number of ether oxygens (including phenoxy) is 1. The smallest absolute Gasteiger partial charge is 0.416 e. The first-order valence-corrected chi connectivity index (χ1v) is 7.27. The van der Waals surface area contributed by atoms with Gasteiger partial charge < -0.3 is 9.64 Å². The van der Waals surface area contributed by atoms with Crippen LogP contribution in [0.5, 0.6) is 5.75 Å². The van der Waals surface area contributed by atoms with Crippen LogP contribution in [0.2, 0.25) is 0 Å². The molecular formula is C18H12F5NO. The molecule has 1 aliphatic heterocycles. The largest absolute Gasteiger partial charge is 0.467 e. The van der Waals surface area contributed by atoms with Gasteiger partial charge in [-0.15, -0.1) is 0 Å². The van der Waals surface area contributed by atoms with Crippen molar-refractivity contribution in [3.05, 3.63) is 84.1 Å². The van der Waals surface area contributed by atoms with E-state index < -0.39 is 29.6 Å². The molecule has 130 valence electrons. The van der Waals surface area contributed by atoms with Gasteiger partial charge in [-0.25, -0.2) is 8.78 Å². The minimum atomic E-state index is -4.50. The van der Waals surface area contributed by atoms with Crippen LogP contribution in [0.25, 0.3) is 0 Å². The number of anilines is 1. The van der Waals surface area contributed by atoms with E-state index in [0.717, 1.165) is 24.3 Å². The van der Waals surface area contributed by atoms with Crippen molar-refractivity contribution in [3.8, 4) is 5.75 Å². The van der Waals surface area contributed by atoms with Gasteiger partial charge in [0.15, 0.2) is 6.23 Å². The third-order valence-electron chi connectivity index (χ3n) is 3.51. The number of hydrogen-bond acceptors (Lipinski definition) is 2. The van der Waals surface area contributed by atoms with E-state index in [0.29, 0.717) is 0 Å². The fourth-order valence-corrected chi connectivity index (χ4v) is 2.37. The van der Waals surface area contributed by atoms with Crippen molar-refractivity contribution in [3.63, 3.8) is 0 Å². The van der Waals surface area contributed by atoms with Crippen LogP contribution in [-0.4, -0.2) is 6.23 Å². The molecule has 0 spiro atoms. The number of nitrogens with zero attached hydrogens (tertiary/aromatic N) is 1. The number of alkyl halides is 3. The maximum Gasteiger partial charge on any atom is 0.416 e. The quantitative estimate of drug-likeness (QED) is 0.696. The average Bonchev–Trinajstić information content (AvgIpc) is 2.55. The maximum atomic E-state index is 14.0. The van der Waals surface area contributed by atoms with Crippen LogP contribution in [0.1, 0.15) is 5.56 Å². The van der Waals surface area contributed by atoms with Crippen LogP contribution >= 0.6 is 0 Å². The Hall–Kier alpha value is -2.83. The Balaban J connectivity index is 1.88. The van der Waals surface area contributed by atoms with Crippen molar-refractivity contribution < 1.29 is 26.7 Å². The van der Waals surface area contributed by atoms with Crippen molar-refractivity contribution in [1.82, 2.24) is 0 Å². The zero-order chi connectivity index (χ0) is 18.0. The Morgan fingerprint density at radius 3 is 2.48 bits per heavy atom. The van der Waals surface area contributed by atoms with Gasteiger partial charge in [0.25, 0.3) is 0 Å². The van der Waals surface area contributed by atoms with E-state index >= 15 is 0 Å². The van der Waals surface area contributed by atoms with Gasteiger partial charge in [-0.2, -0.15) is 13.2 Å². The van der Waals surface area contributed by atoms with E-state index in [1.165, 1.54) is 29.3 Å². The number of allylic oxidation sites excluding steroid dienone is 2. The Morgan fingerprint density at radius 1 is 0.960 bits per heavy atom. The summed E-state index contributed by atoms with van der Waals surface area (Å²) in [6, 6.07) is 7.45. The molecule has 1 unspecified atom stereocenters. The van der Waals surface area contributed by atoms with Crippen molar-refractivity contribution >= 4 is 5.69 Å². The van der Waals surface area contributed by atoms with E-state index in [9.17, 15) is 22.0 Å². The molecule has 7 heteroatoms. The van der Waals surface area contributed by atoms with Crippen LogP contribution in [0, 0.1) is 11.6 Å². The molecule has 0 fully saturated rings. The second kappa shape index (κ2) is 6.58. The average molecular weight is 353 g/mol. The molecule has 0 saturated carbocycles. The summed E-state index contributed by atoms with van der Waals surface area (Å²) >= 11 is 0. The summed E-state index contributed by atoms with van der Waals surface area (Å²) in [5.74, 6) is -1.56. The highest BCUT2D eigenvalue weighted by atomic mass is 19.4. The normalized spacial score (nSPS) is 17.0. The van der Waals surface area contributed by atoms with Crippen molar-refractivity contribution in [2.45, 2.75) is 12.4 Å². The molecule has 0 N–H and O–H groups in total. The minimum absolute atomic E-state index is 0.0210. The number of rotatable bonds is 3. The monoisotopic (exact) mass is 353 g/mol. The molecule has 25 heavy (non-hydrogen) atoms. The van der Waals surface area contributed by atoms with Crippen molar-refractivity contribution in [2.75, 3.05) is 4.90 Å². The molecule has 0 radical (unpaired) electrons. The predicted molar refractivity (Wildman–Crippen MR) is 83.0 cm³/mol. The molecule has 1 aliphatic rings. The highest BCUT2D eigenvalue weighted by molar-refractivity contribution is 5.54. The Bertz CT molecular complexity index is 828. The predicted octanol–water partition coefficient (Wildman–Crippen LogP) is 5.28. The second-order valence-electron chi connectivity index (χ2n) is 5.26. The van der Waals surface area contributed by atoms with Gasteiger partial charge in [-0.05, 0) is 42.5 Å². The van der Waals surface area contributed by atoms with E-state index in [-0.39, 0.29) is 11.4 Å². The molecular weight excluding hydrogens is 341 g/mol. The number of halogens is 5. The standard InChI is InChI=1S/C18H12F5NO/c19-13-7-8-16(15(20)11-13)24-9-2-1-6-17(24)25-14-5-3-4-12(10-14)18(21,22)23/h1-11,17H. The molecule has 0 bridgehead atoms. The van der Waals surface area contributed by atoms with E-state index in [4.69, 9.17) is 4.74 Å². The fourth-order valence-electron chi connectivity index (χ4n) is 2.37. The lowest BCUT2D eigenvalue weighted by Crippen LogP contribution is -2.36. The van der Waals surface area contributed by atoms with Gasteiger partial charge >= 0.3 is 6.18 Å². The van der Waals surface area contributed by atoms with Crippen LogP contribution in [-0.2, 0) is 6.18 Å². The summed E-state index contributed by atoms with van der Waals surface area (Å²) in [6.07, 6.45) is 0.890. The van der Waals surface area contributed by atoms with Crippen LogP contribution < -0.4 is 9.64 Å². The highest BCUT2D eigenvalue weighted by Gasteiger charge is 2.31. The van der Waals surface area contributed by atoms with Crippen molar-refractivity contribution in [1.29, 1.82) is 0 Å². The van der Waals surface area contributed by atoms with Crippen LogP contribution in [0.15, 0.2) is 66.9 Å². The lowest BCUT2D eigenvalue weighted by Gasteiger charge is -2.31. The number of benzene rings is 2. The molecule has 0 aliphatic carbocycles. The lowest BCUT2D eigenvalue weighted by atomic mass is 10.2. The van der Waals surface area contributed by atoms with E-state index in [1.807, 2.05) is 0 Å².